The molecule has 0 heterocycles. The van der Waals surface area contributed by atoms with Crippen LogP contribution in [0.25, 0.3) is 0 Å². The van der Waals surface area contributed by atoms with Gasteiger partial charge in [0.1, 0.15) is 0 Å². The molecule has 1 aliphatic carbocycles. The molecule has 2 nitrogen and oxygen atoms in total. The molecule has 1 N–H and O–H groups in total. The van der Waals surface area contributed by atoms with Gasteiger partial charge in [-0.3, -0.25) is 0 Å². The van der Waals surface area contributed by atoms with Gasteiger partial charge >= 0.3 is 0 Å². The van der Waals surface area contributed by atoms with Crippen LogP contribution < -0.4 is 5.32 Å². The van der Waals surface area contributed by atoms with Crippen LogP contribution in [0.4, 0.5) is 0 Å². The minimum absolute atomic E-state index is 0.738. The Bertz CT molecular complexity index is 156. The van der Waals surface area contributed by atoms with Gasteiger partial charge in [0, 0.05) is 6.54 Å². The third-order valence-electron chi connectivity index (χ3n) is 2.75. The predicted octanol–water partition coefficient (Wildman–Crippen LogP) is 1.82. The van der Waals surface area contributed by atoms with Crippen molar-refractivity contribution < 1.29 is 4.74 Å². The molecule has 2 unspecified atom stereocenters. The minimum atomic E-state index is 0.738. The van der Waals surface area contributed by atoms with Crippen LogP contribution in [-0.2, 0) is 4.74 Å². The maximum atomic E-state index is 5.59. The zero-order valence-electron chi connectivity index (χ0n) is 8.75. The first-order valence-corrected chi connectivity index (χ1v) is 5.22. The number of likely N-dealkylation sites (N-methyl/N-ethyl adjacent to an activating group) is 1. The molecule has 0 bridgehead atoms. The molecule has 2 atom stereocenters. The van der Waals surface area contributed by atoms with Gasteiger partial charge in [0.25, 0.3) is 0 Å². The molecule has 76 valence electrons. The molecule has 0 aromatic rings. The van der Waals surface area contributed by atoms with Crippen molar-refractivity contribution in [2.45, 2.75) is 19.8 Å². The lowest BCUT2D eigenvalue weighted by Gasteiger charge is -2.24. The molecule has 1 rings (SSSR count). The number of hydrogen-bond donors (Lipinski definition) is 1. The smallest absolute Gasteiger partial charge is 0.0590 e. The van der Waals surface area contributed by atoms with Gasteiger partial charge in [-0.1, -0.05) is 19.1 Å². The third kappa shape index (κ3) is 3.92. The van der Waals surface area contributed by atoms with Crippen molar-refractivity contribution in [3.63, 3.8) is 0 Å². The lowest BCUT2D eigenvalue weighted by atomic mass is 9.85. The maximum absolute atomic E-state index is 5.59. The topological polar surface area (TPSA) is 21.3 Å². The van der Waals surface area contributed by atoms with Gasteiger partial charge in [0.2, 0.25) is 0 Å². The van der Waals surface area contributed by atoms with E-state index in [1.807, 2.05) is 7.05 Å². The van der Waals surface area contributed by atoms with Crippen LogP contribution in [0.1, 0.15) is 19.8 Å². The Morgan fingerprint density at radius 2 is 2.15 bits per heavy atom. The summed E-state index contributed by atoms with van der Waals surface area (Å²) in [4.78, 5) is 0. The lowest BCUT2D eigenvalue weighted by molar-refractivity contribution is 0.0817. The number of ether oxygens (including phenoxy) is 1. The second-order valence-corrected chi connectivity index (χ2v) is 3.86. The van der Waals surface area contributed by atoms with Gasteiger partial charge in [-0.25, -0.2) is 0 Å². The van der Waals surface area contributed by atoms with E-state index in [2.05, 4.69) is 24.4 Å². The first kappa shape index (κ1) is 10.7. The van der Waals surface area contributed by atoms with Gasteiger partial charge in [-0.05, 0) is 31.7 Å². The molecule has 0 aliphatic heterocycles. The molecule has 0 radical (unpaired) electrons. The van der Waals surface area contributed by atoms with Crippen LogP contribution in [-0.4, -0.2) is 26.8 Å². The van der Waals surface area contributed by atoms with Crippen LogP contribution in [0.15, 0.2) is 12.2 Å². The second kappa shape index (κ2) is 6.17. The minimum Gasteiger partial charge on any atom is -0.380 e. The van der Waals surface area contributed by atoms with Gasteiger partial charge < -0.3 is 10.1 Å². The van der Waals surface area contributed by atoms with Crippen LogP contribution >= 0.6 is 0 Å². The normalized spacial score (nSPS) is 27.8. The summed E-state index contributed by atoms with van der Waals surface area (Å²) in [5, 5.41) is 3.08. The molecule has 0 saturated heterocycles. The lowest BCUT2D eigenvalue weighted by Crippen LogP contribution is -2.22. The number of allylic oxidation sites excluding steroid dienone is 2. The van der Waals surface area contributed by atoms with E-state index in [9.17, 15) is 0 Å². The fraction of sp³-hybridized carbons (Fsp3) is 0.818. The van der Waals surface area contributed by atoms with E-state index in [1.165, 1.54) is 12.8 Å². The van der Waals surface area contributed by atoms with Crippen LogP contribution in [0.5, 0.6) is 0 Å². The maximum Gasteiger partial charge on any atom is 0.0590 e. The van der Waals surface area contributed by atoms with E-state index >= 15 is 0 Å². The Kier molecular flexibility index (Phi) is 5.09. The van der Waals surface area contributed by atoms with E-state index in [0.717, 1.165) is 31.6 Å². The summed E-state index contributed by atoms with van der Waals surface area (Å²) in [7, 11) is 1.95. The van der Waals surface area contributed by atoms with Crippen molar-refractivity contribution in [1.82, 2.24) is 5.32 Å². The molecule has 0 aromatic carbocycles. The van der Waals surface area contributed by atoms with Gasteiger partial charge in [0.05, 0.1) is 13.2 Å². The molecule has 2 heteroatoms. The highest BCUT2D eigenvalue weighted by Gasteiger charge is 2.17. The summed E-state index contributed by atoms with van der Waals surface area (Å²) in [5.41, 5.74) is 0. The van der Waals surface area contributed by atoms with Crippen molar-refractivity contribution >= 4 is 0 Å². The van der Waals surface area contributed by atoms with Crippen molar-refractivity contribution in [1.29, 1.82) is 0 Å². The molecule has 1 aliphatic rings. The zero-order chi connectivity index (χ0) is 9.52. The Balaban J connectivity index is 2.09. The summed E-state index contributed by atoms with van der Waals surface area (Å²) in [6.45, 7) is 5.03. The largest absolute Gasteiger partial charge is 0.380 e. The number of rotatable bonds is 5. The number of nitrogens with one attached hydrogen (secondary N) is 1. The van der Waals surface area contributed by atoms with Gasteiger partial charge in [-0.2, -0.15) is 0 Å². The average molecular weight is 183 g/mol. The fourth-order valence-corrected chi connectivity index (χ4v) is 1.65. The van der Waals surface area contributed by atoms with E-state index < -0.39 is 0 Å². The highest BCUT2D eigenvalue weighted by Crippen LogP contribution is 2.24. The van der Waals surface area contributed by atoms with Gasteiger partial charge in [0.15, 0.2) is 0 Å². The molecule has 13 heavy (non-hydrogen) atoms. The summed E-state index contributed by atoms with van der Waals surface area (Å²) in [6, 6.07) is 0. The SMILES string of the molecule is CNCCOCC1CC=CCC1C. The molecule has 0 aromatic heterocycles. The Labute approximate surface area is 81.4 Å². The monoisotopic (exact) mass is 183 g/mol. The third-order valence-corrected chi connectivity index (χ3v) is 2.75. The van der Waals surface area contributed by atoms with Gasteiger partial charge in [-0.15, -0.1) is 0 Å². The van der Waals surface area contributed by atoms with Crippen molar-refractivity contribution in [2.75, 3.05) is 26.8 Å². The Morgan fingerprint density at radius 1 is 1.38 bits per heavy atom. The zero-order valence-corrected chi connectivity index (χ0v) is 8.75. The summed E-state index contributed by atoms with van der Waals surface area (Å²) < 4.78 is 5.59. The highest BCUT2D eigenvalue weighted by molar-refractivity contribution is 4.93. The van der Waals surface area contributed by atoms with E-state index in [-0.39, 0.29) is 0 Å². The fourth-order valence-electron chi connectivity index (χ4n) is 1.65. The first-order valence-electron chi connectivity index (χ1n) is 5.22. The van der Waals surface area contributed by atoms with Crippen molar-refractivity contribution in [3.05, 3.63) is 12.2 Å². The summed E-state index contributed by atoms with van der Waals surface area (Å²) >= 11 is 0. The van der Waals surface area contributed by atoms with E-state index in [4.69, 9.17) is 4.74 Å². The summed E-state index contributed by atoms with van der Waals surface area (Å²) in [6.07, 6.45) is 6.99. The van der Waals surface area contributed by atoms with Crippen molar-refractivity contribution in [2.24, 2.45) is 11.8 Å². The molecular weight excluding hydrogens is 162 g/mol. The predicted molar refractivity (Wildman–Crippen MR) is 55.8 cm³/mol. The van der Waals surface area contributed by atoms with Crippen LogP contribution in [0, 0.1) is 11.8 Å². The average Bonchev–Trinajstić information content (AvgIpc) is 2.15. The molecular formula is C11H21NO. The van der Waals surface area contributed by atoms with Crippen LogP contribution in [0.2, 0.25) is 0 Å². The van der Waals surface area contributed by atoms with Crippen LogP contribution in [0.3, 0.4) is 0 Å². The Morgan fingerprint density at radius 3 is 2.85 bits per heavy atom. The quantitative estimate of drug-likeness (QED) is 0.518. The summed E-state index contributed by atoms with van der Waals surface area (Å²) in [5.74, 6) is 1.53. The second-order valence-electron chi connectivity index (χ2n) is 3.86. The number of hydrogen-bond acceptors (Lipinski definition) is 2. The van der Waals surface area contributed by atoms with E-state index in [1.54, 1.807) is 0 Å². The molecule has 0 spiro atoms. The Hall–Kier alpha value is -0.340. The highest BCUT2D eigenvalue weighted by atomic mass is 16.5. The first-order chi connectivity index (χ1) is 6.34. The van der Waals surface area contributed by atoms with E-state index in [0.29, 0.717) is 0 Å². The molecule has 0 fully saturated rings. The molecule has 0 saturated carbocycles. The molecule has 0 amide bonds. The van der Waals surface area contributed by atoms with Crippen molar-refractivity contribution in [3.8, 4) is 0 Å². The standard InChI is InChI=1S/C11H21NO/c1-10-5-3-4-6-11(10)9-13-8-7-12-2/h3-4,10-12H,5-9H2,1-2H3.